The van der Waals surface area contributed by atoms with Crippen molar-refractivity contribution in [3.05, 3.63) is 47.5 Å². The summed E-state index contributed by atoms with van der Waals surface area (Å²) >= 11 is 0. The second-order valence-corrected chi connectivity index (χ2v) is 13.7. The van der Waals surface area contributed by atoms with Gasteiger partial charge in [-0.3, -0.25) is 19.3 Å². The molecule has 0 aromatic heterocycles. The van der Waals surface area contributed by atoms with E-state index in [4.69, 9.17) is 0 Å². The fourth-order valence-corrected chi connectivity index (χ4v) is 4.75. The molecular formula is C32H53N3O3. The first-order chi connectivity index (χ1) is 17.1. The molecule has 0 fully saturated rings. The van der Waals surface area contributed by atoms with Crippen molar-refractivity contribution < 1.29 is 14.4 Å². The molecule has 1 aromatic carbocycles. The van der Waals surface area contributed by atoms with Gasteiger partial charge >= 0.3 is 0 Å². The number of carbonyl (C=O) groups excluding carboxylic acids is 3. The molecule has 38 heavy (non-hydrogen) atoms. The number of carbonyl (C=O) groups is 3. The van der Waals surface area contributed by atoms with Crippen LogP contribution in [0.1, 0.15) is 88.6 Å². The van der Waals surface area contributed by atoms with Crippen LogP contribution in [-0.2, 0) is 19.8 Å². The monoisotopic (exact) mass is 527 g/mol. The van der Waals surface area contributed by atoms with Gasteiger partial charge in [0.25, 0.3) is 0 Å². The highest BCUT2D eigenvalue weighted by molar-refractivity contribution is 5.93. The van der Waals surface area contributed by atoms with Gasteiger partial charge in [-0.25, -0.2) is 0 Å². The van der Waals surface area contributed by atoms with Crippen molar-refractivity contribution >= 4 is 17.6 Å². The first-order valence-electron chi connectivity index (χ1n) is 13.7. The van der Waals surface area contributed by atoms with E-state index in [9.17, 15) is 14.4 Å². The fourth-order valence-electron chi connectivity index (χ4n) is 4.75. The number of hydrogen-bond acceptors (Lipinski definition) is 4. The first kappa shape index (κ1) is 33.6. The van der Waals surface area contributed by atoms with Gasteiger partial charge in [0, 0.05) is 18.0 Å². The molecule has 0 aliphatic heterocycles. The molecule has 2 amide bonds. The number of allylic oxidation sites excluding steroid dienone is 1. The van der Waals surface area contributed by atoms with Crippen LogP contribution < -0.4 is 5.32 Å². The number of Topliss-reactive ketones (excluding diaryl/α,β-unsaturated/α-hetero) is 1. The molecule has 6 nitrogen and oxygen atoms in total. The van der Waals surface area contributed by atoms with Gasteiger partial charge in [-0.15, -0.1) is 0 Å². The van der Waals surface area contributed by atoms with Crippen molar-refractivity contribution in [1.29, 1.82) is 0 Å². The lowest BCUT2D eigenvalue weighted by Crippen LogP contribution is -2.64. The van der Waals surface area contributed by atoms with Crippen LogP contribution in [0.4, 0.5) is 0 Å². The van der Waals surface area contributed by atoms with Gasteiger partial charge in [-0.1, -0.05) is 84.9 Å². The molecular weight excluding hydrogens is 474 g/mol. The highest BCUT2D eigenvalue weighted by Crippen LogP contribution is 2.34. The van der Waals surface area contributed by atoms with Crippen LogP contribution in [0.25, 0.3) is 0 Å². The minimum atomic E-state index is -0.755. The van der Waals surface area contributed by atoms with Crippen molar-refractivity contribution in [3.63, 3.8) is 0 Å². The summed E-state index contributed by atoms with van der Waals surface area (Å²) in [7, 11) is 3.73. The summed E-state index contributed by atoms with van der Waals surface area (Å²) in [6, 6.07) is 8.48. The van der Waals surface area contributed by atoms with E-state index in [1.165, 1.54) is 6.92 Å². The molecule has 0 heterocycles. The Kier molecular flexibility index (Phi) is 11.1. The maximum Gasteiger partial charge on any atom is 0.245 e. The third-order valence-electron chi connectivity index (χ3n) is 7.75. The second-order valence-electron chi connectivity index (χ2n) is 13.7. The van der Waals surface area contributed by atoms with Crippen LogP contribution in [0.2, 0.25) is 0 Å². The van der Waals surface area contributed by atoms with E-state index in [1.807, 2.05) is 78.1 Å². The minimum absolute atomic E-state index is 0.0200. The molecule has 6 heteroatoms. The Morgan fingerprint density at radius 3 is 1.76 bits per heavy atom. The van der Waals surface area contributed by atoms with Crippen LogP contribution in [0, 0.1) is 11.3 Å². The summed E-state index contributed by atoms with van der Waals surface area (Å²) in [5, 5.41) is 3.18. The zero-order valence-corrected chi connectivity index (χ0v) is 26.4. The van der Waals surface area contributed by atoms with Gasteiger partial charge in [0.2, 0.25) is 11.8 Å². The van der Waals surface area contributed by atoms with Crippen LogP contribution in [0.5, 0.6) is 0 Å². The summed E-state index contributed by atoms with van der Waals surface area (Å²) in [6.45, 7) is 23.7. The van der Waals surface area contributed by atoms with Crippen molar-refractivity contribution in [3.8, 4) is 0 Å². The van der Waals surface area contributed by atoms with E-state index in [0.717, 1.165) is 5.56 Å². The highest BCUT2D eigenvalue weighted by Gasteiger charge is 2.45. The molecule has 1 N–H and O–H groups in total. The van der Waals surface area contributed by atoms with Crippen molar-refractivity contribution in [2.75, 3.05) is 14.1 Å². The van der Waals surface area contributed by atoms with Crippen molar-refractivity contribution in [2.45, 2.75) is 112 Å². The smallest absolute Gasteiger partial charge is 0.245 e. The number of nitrogens with one attached hydrogen (secondary N) is 1. The average molecular weight is 528 g/mol. The van der Waals surface area contributed by atoms with E-state index >= 15 is 0 Å². The van der Waals surface area contributed by atoms with E-state index in [1.54, 1.807) is 18.9 Å². The van der Waals surface area contributed by atoms with Crippen LogP contribution in [0.15, 0.2) is 42.0 Å². The third-order valence-corrected chi connectivity index (χ3v) is 7.75. The molecule has 0 saturated carbocycles. The molecule has 3 atom stereocenters. The lowest BCUT2D eigenvalue weighted by Gasteiger charge is -2.46. The molecule has 0 aliphatic rings. The van der Waals surface area contributed by atoms with Gasteiger partial charge in [-0.05, 0) is 64.1 Å². The lowest BCUT2D eigenvalue weighted by molar-refractivity contribution is -0.142. The number of nitrogens with zero attached hydrogens (tertiary/aromatic N) is 2. The zero-order chi connectivity index (χ0) is 29.8. The van der Waals surface area contributed by atoms with Crippen LogP contribution in [-0.4, -0.2) is 65.2 Å². The topological polar surface area (TPSA) is 69.7 Å². The van der Waals surface area contributed by atoms with E-state index in [0.29, 0.717) is 5.57 Å². The molecule has 0 bridgehead atoms. The predicted molar refractivity (Wildman–Crippen MR) is 158 cm³/mol. The molecule has 0 spiro atoms. The molecule has 0 aliphatic carbocycles. The van der Waals surface area contributed by atoms with Gasteiger partial charge < -0.3 is 10.2 Å². The Hall–Kier alpha value is -2.47. The third kappa shape index (κ3) is 8.26. The largest absolute Gasteiger partial charge is 0.342 e. The maximum absolute atomic E-state index is 14.2. The minimum Gasteiger partial charge on any atom is -0.342 e. The first-order valence-corrected chi connectivity index (χ1v) is 13.7. The van der Waals surface area contributed by atoms with E-state index in [-0.39, 0.29) is 35.1 Å². The fraction of sp³-hybridized carbons (Fsp3) is 0.656. The number of hydrogen-bond donors (Lipinski definition) is 1. The Bertz CT molecular complexity index is 997. The predicted octanol–water partition coefficient (Wildman–Crippen LogP) is 5.61. The molecule has 0 unspecified atom stereocenters. The summed E-state index contributed by atoms with van der Waals surface area (Å²) in [5.74, 6) is -0.291. The van der Waals surface area contributed by atoms with Gasteiger partial charge in [0.1, 0.15) is 6.04 Å². The Morgan fingerprint density at radius 2 is 1.37 bits per heavy atom. The SMILES string of the molecule is CC(=O)/C(C)=C/[C@H](C(C)C)N(C)C(=O)[C@@H](NC(=O)[C@@H](N(C)C(C)(C)C)C(C)(C)c1ccccc1)C(C)(C)C. The molecule has 1 rings (SSSR count). The quantitative estimate of drug-likeness (QED) is 0.402. The summed E-state index contributed by atoms with van der Waals surface area (Å²) in [4.78, 5) is 43.9. The van der Waals surface area contributed by atoms with E-state index < -0.39 is 22.9 Å². The van der Waals surface area contributed by atoms with Crippen LogP contribution in [0.3, 0.4) is 0 Å². The number of likely N-dealkylation sites (N-methyl/N-ethyl adjacent to an activating group) is 2. The number of rotatable bonds is 10. The van der Waals surface area contributed by atoms with Gasteiger partial charge in [0.15, 0.2) is 5.78 Å². The number of amides is 2. The molecule has 0 radical (unpaired) electrons. The van der Waals surface area contributed by atoms with E-state index in [2.05, 4.69) is 44.8 Å². The molecule has 1 aromatic rings. The Labute approximate surface area is 232 Å². The zero-order valence-electron chi connectivity index (χ0n) is 26.4. The molecule has 214 valence electrons. The standard InChI is InChI=1S/C32H53N3O3/c1-21(2)25(20-22(3)23(4)36)34(13)29(38)26(30(5,6)7)33-28(37)27(35(14)31(8,9)10)32(11,12)24-18-16-15-17-19-24/h15-21,25-27H,1-14H3,(H,33,37)/b22-20+/t25-,26-,27-/m1/s1. The van der Waals surface area contributed by atoms with Crippen molar-refractivity contribution in [2.24, 2.45) is 11.3 Å². The summed E-state index contributed by atoms with van der Waals surface area (Å²) in [6.07, 6.45) is 1.86. The summed E-state index contributed by atoms with van der Waals surface area (Å²) < 4.78 is 0. The lowest BCUT2D eigenvalue weighted by atomic mass is 9.75. The van der Waals surface area contributed by atoms with Gasteiger partial charge in [0.05, 0.1) is 12.1 Å². The van der Waals surface area contributed by atoms with Crippen LogP contribution >= 0.6 is 0 Å². The normalized spacial score (nSPS) is 15.7. The highest BCUT2D eigenvalue weighted by atomic mass is 16.2. The Balaban J connectivity index is 3.54. The van der Waals surface area contributed by atoms with Crippen molar-refractivity contribution in [1.82, 2.24) is 15.1 Å². The van der Waals surface area contributed by atoms with Gasteiger partial charge in [-0.2, -0.15) is 0 Å². The molecule has 0 saturated heterocycles. The summed E-state index contributed by atoms with van der Waals surface area (Å²) in [5.41, 5.74) is 0.313. The maximum atomic E-state index is 14.2. The number of ketones is 1. The Morgan fingerprint density at radius 1 is 0.868 bits per heavy atom. The number of benzene rings is 1. The average Bonchev–Trinajstić information content (AvgIpc) is 2.78. The second kappa shape index (κ2) is 12.6.